The van der Waals surface area contributed by atoms with Gasteiger partial charge in [-0.1, -0.05) is 6.07 Å². The molecule has 17 heavy (non-hydrogen) atoms. The van der Waals surface area contributed by atoms with Gasteiger partial charge in [0.05, 0.1) is 6.04 Å². The Bertz CT molecular complexity index is 481. The molecule has 0 fully saturated rings. The minimum Gasteiger partial charge on any atom is -0.363 e. The molecular formula is C12H13ClN4. The van der Waals surface area contributed by atoms with Gasteiger partial charge in [0.25, 0.3) is 0 Å². The van der Waals surface area contributed by atoms with Crippen LogP contribution < -0.4 is 5.32 Å². The quantitative estimate of drug-likeness (QED) is 0.849. The molecule has 0 aliphatic heterocycles. The Hall–Kier alpha value is -1.68. The molecule has 0 saturated carbocycles. The fraction of sp³-hybridized carbons (Fsp3) is 0.250. The molecule has 0 spiro atoms. The zero-order valence-corrected chi connectivity index (χ0v) is 10.4. The number of hydrogen-bond donors (Lipinski definition) is 1. The van der Waals surface area contributed by atoms with Gasteiger partial charge in [0.2, 0.25) is 5.28 Å². The second-order valence-electron chi connectivity index (χ2n) is 3.82. The van der Waals surface area contributed by atoms with E-state index in [9.17, 15) is 0 Å². The molecule has 4 nitrogen and oxygen atoms in total. The lowest BCUT2D eigenvalue weighted by Gasteiger charge is -2.14. The van der Waals surface area contributed by atoms with E-state index in [2.05, 4.69) is 20.3 Å². The Balaban J connectivity index is 2.16. The molecule has 1 atom stereocenters. The van der Waals surface area contributed by atoms with Gasteiger partial charge in [0.1, 0.15) is 5.82 Å². The topological polar surface area (TPSA) is 50.7 Å². The smallest absolute Gasteiger partial charge is 0.224 e. The van der Waals surface area contributed by atoms with Gasteiger partial charge in [-0.25, -0.2) is 9.97 Å². The maximum absolute atomic E-state index is 5.81. The summed E-state index contributed by atoms with van der Waals surface area (Å²) in [6.45, 7) is 3.93. The largest absolute Gasteiger partial charge is 0.363 e. The van der Waals surface area contributed by atoms with Crippen molar-refractivity contribution in [3.63, 3.8) is 0 Å². The van der Waals surface area contributed by atoms with E-state index >= 15 is 0 Å². The molecule has 2 rings (SSSR count). The Morgan fingerprint density at radius 2 is 2.18 bits per heavy atom. The molecule has 2 aromatic rings. The summed E-state index contributed by atoms with van der Waals surface area (Å²) >= 11 is 5.81. The molecule has 0 aliphatic rings. The van der Waals surface area contributed by atoms with E-state index in [0.717, 1.165) is 17.1 Å². The van der Waals surface area contributed by atoms with Gasteiger partial charge >= 0.3 is 0 Å². The van der Waals surface area contributed by atoms with Crippen molar-refractivity contribution in [3.05, 3.63) is 47.1 Å². The highest BCUT2D eigenvalue weighted by Gasteiger charge is 2.07. The maximum atomic E-state index is 5.81. The highest BCUT2D eigenvalue weighted by Crippen LogP contribution is 2.18. The molecule has 0 aromatic carbocycles. The third-order valence-electron chi connectivity index (χ3n) is 2.38. The minimum atomic E-state index is 0.120. The van der Waals surface area contributed by atoms with Crippen molar-refractivity contribution >= 4 is 17.4 Å². The van der Waals surface area contributed by atoms with Crippen molar-refractivity contribution in [2.75, 3.05) is 5.32 Å². The van der Waals surface area contributed by atoms with Crippen molar-refractivity contribution in [2.24, 2.45) is 0 Å². The van der Waals surface area contributed by atoms with Crippen molar-refractivity contribution in [3.8, 4) is 0 Å². The second-order valence-corrected chi connectivity index (χ2v) is 4.15. The summed E-state index contributed by atoms with van der Waals surface area (Å²) < 4.78 is 0. The zero-order valence-electron chi connectivity index (χ0n) is 9.68. The van der Waals surface area contributed by atoms with Crippen LogP contribution >= 0.6 is 11.6 Å². The van der Waals surface area contributed by atoms with Crippen LogP contribution in [0.1, 0.15) is 24.2 Å². The molecule has 0 bridgehead atoms. The van der Waals surface area contributed by atoms with E-state index in [0.29, 0.717) is 0 Å². The fourth-order valence-electron chi connectivity index (χ4n) is 1.54. The summed E-state index contributed by atoms with van der Waals surface area (Å²) in [5.41, 5.74) is 1.94. The van der Waals surface area contributed by atoms with Crippen LogP contribution in [0.15, 0.2) is 30.6 Å². The third-order valence-corrected chi connectivity index (χ3v) is 2.54. The van der Waals surface area contributed by atoms with Crippen LogP contribution in [-0.2, 0) is 0 Å². The Labute approximate surface area is 105 Å². The molecule has 88 valence electrons. The van der Waals surface area contributed by atoms with Crippen LogP contribution in [0, 0.1) is 6.92 Å². The molecule has 2 heterocycles. The highest BCUT2D eigenvalue weighted by molar-refractivity contribution is 6.28. The number of halogens is 1. The SMILES string of the molecule is Cc1cc(NC(C)c2cccnc2)nc(Cl)n1. The van der Waals surface area contributed by atoms with E-state index in [1.807, 2.05) is 38.2 Å². The van der Waals surface area contributed by atoms with Crippen LogP contribution in [0.25, 0.3) is 0 Å². The molecule has 2 aromatic heterocycles. The number of aryl methyl sites for hydroxylation is 1. The summed E-state index contributed by atoms with van der Waals surface area (Å²) in [6.07, 6.45) is 3.58. The fourth-order valence-corrected chi connectivity index (χ4v) is 1.77. The Morgan fingerprint density at radius 3 is 2.82 bits per heavy atom. The van der Waals surface area contributed by atoms with E-state index in [-0.39, 0.29) is 11.3 Å². The number of anilines is 1. The van der Waals surface area contributed by atoms with E-state index < -0.39 is 0 Å². The lowest BCUT2D eigenvalue weighted by molar-refractivity contribution is 0.862. The Kier molecular flexibility index (Phi) is 3.54. The predicted octanol–water partition coefficient (Wildman–Crippen LogP) is 3.01. The molecule has 0 radical (unpaired) electrons. The Morgan fingerprint density at radius 1 is 1.35 bits per heavy atom. The van der Waals surface area contributed by atoms with Crippen LogP contribution in [-0.4, -0.2) is 15.0 Å². The maximum Gasteiger partial charge on any atom is 0.224 e. The van der Waals surface area contributed by atoms with Gasteiger partial charge < -0.3 is 5.32 Å². The lowest BCUT2D eigenvalue weighted by atomic mass is 10.1. The van der Waals surface area contributed by atoms with Crippen molar-refractivity contribution in [2.45, 2.75) is 19.9 Å². The van der Waals surface area contributed by atoms with E-state index in [1.165, 1.54) is 0 Å². The summed E-state index contributed by atoms with van der Waals surface area (Å²) in [6, 6.07) is 5.90. The van der Waals surface area contributed by atoms with Crippen molar-refractivity contribution in [1.82, 2.24) is 15.0 Å². The second kappa shape index (κ2) is 5.10. The molecule has 0 saturated heterocycles. The average Bonchev–Trinajstić information content (AvgIpc) is 2.28. The van der Waals surface area contributed by atoms with Gasteiger partial charge in [0.15, 0.2) is 0 Å². The normalized spacial score (nSPS) is 12.2. The summed E-state index contributed by atoms with van der Waals surface area (Å²) in [7, 11) is 0. The highest BCUT2D eigenvalue weighted by atomic mass is 35.5. The van der Waals surface area contributed by atoms with Gasteiger partial charge in [0, 0.05) is 24.2 Å². The predicted molar refractivity (Wildman–Crippen MR) is 68.1 cm³/mol. The summed E-state index contributed by atoms with van der Waals surface area (Å²) in [5, 5.41) is 3.52. The first kappa shape index (κ1) is 11.8. The number of nitrogens with one attached hydrogen (secondary N) is 1. The number of pyridine rings is 1. The van der Waals surface area contributed by atoms with Crippen LogP contribution in [0.5, 0.6) is 0 Å². The number of rotatable bonds is 3. The molecule has 0 aliphatic carbocycles. The average molecular weight is 249 g/mol. The van der Waals surface area contributed by atoms with Gasteiger partial charge in [-0.15, -0.1) is 0 Å². The molecule has 1 N–H and O–H groups in total. The van der Waals surface area contributed by atoms with E-state index in [1.54, 1.807) is 6.20 Å². The molecular weight excluding hydrogens is 236 g/mol. The van der Waals surface area contributed by atoms with Crippen LogP contribution in [0.2, 0.25) is 5.28 Å². The monoisotopic (exact) mass is 248 g/mol. The number of hydrogen-bond acceptors (Lipinski definition) is 4. The molecule has 0 amide bonds. The number of aromatic nitrogens is 3. The van der Waals surface area contributed by atoms with E-state index in [4.69, 9.17) is 11.6 Å². The van der Waals surface area contributed by atoms with Crippen molar-refractivity contribution < 1.29 is 0 Å². The summed E-state index contributed by atoms with van der Waals surface area (Å²) in [5.74, 6) is 0.721. The summed E-state index contributed by atoms with van der Waals surface area (Å²) in [4.78, 5) is 12.2. The van der Waals surface area contributed by atoms with Gasteiger partial charge in [-0.2, -0.15) is 0 Å². The van der Waals surface area contributed by atoms with Crippen molar-refractivity contribution in [1.29, 1.82) is 0 Å². The van der Waals surface area contributed by atoms with Gasteiger partial charge in [-0.05, 0) is 37.1 Å². The number of nitrogens with zero attached hydrogens (tertiary/aromatic N) is 3. The van der Waals surface area contributed by atoms with Crippen LogP contribution in [0.3, 0.4) is 0 Å². The first-order valence-electron chi connectivity index (χ1n) is 5.33. The standard InChI is InChI=1S/C12H13ClN4/c1-8-6-11(17-12(13)15-8)16-9(2)10-4-3-5-14-7-10/h3-7,9H,1-2H3,(H,15,16,17). The minimum absolute atomic E-state index is 0.120. The first-order valence-corrected chi connectivity index (χ1v) is 5.70. The van der Waals surface area contributed by atoms with Crippen LogP contribution in [0.4, 0.5) is 5.82 Å². The first-order chi connectivity index (χ1) is 8.15. The third kappa shape index (κ3) is 3.14. The van der Waals surface area contributed by atoms with Gasteiger partial charge in [-0.3, -0.25) is 4.98 Å². The molecule has 5 heteroatoms. The zero-order chi connectivity index (χ0) is 12.3. The molecule has 1 unspecified atom stereocenters. The lowest BCUT2D eigenvalue weighted by Crippen LogP contribution is -2.08.